The van der Waals surface area contributed by atoms with E-state index in [4.69, 9.17) is 5.73 Å². The van der Waals surface area contributed by atoms with E-state index in [0.717, 1.165) is 22.1 Å². The van der Waals surface area contributed by atoms with E-state index < -0.39 is 22.0 Å². The normalized spacial score (nSPS) is 18.4. The van der Waals surface area contributed by atoms with Crippen molar-refractivity contribution in [3.05, 3.63) is 76.7 Å². The van der Waals surface area contributed by atoms with Crippen LogP contribution in [-0.4, -0.2) is 24.7 Å². The summed E-state index contributed by atoms with van der Waals surface area (Å²) in [5.74, 6) is -0.638. The third-order valence-corrected chi connectivity index (χ3v) is 5.61. The molecule has 124 valence electrons. The molecule has 0 radical (unpaired) electrons. The Morgan fingerprint density at radius 2 is 1.67 bits per heavy atom. The van der Waals surface area contributed by atoms with Crippen molar-refractivity contribution < 1.29 is 13.2 Å². The minimum absolute atomic E-state index is 0.144. The fourth-order valence-electron chi connectivity index (χ4n) is 2.82. The van der Waals surface area contributed by atoms with Crippen LogP contribution in [0.25, 0.3) is 6.08 Å². The highest BCUT2D eigenvalue weighted by Crippen LogP contribution is 2.26. The van der Waals surface area contributed by atoms with Crippen LogP contribution >= 0.6 is 0 Å². The molecule has 0 saturated heterocycles. The lowest BCUT2D eigenvalue weighted by Crippen LogP contribution is -2.50. The molecule has 0 aliphatic carbocycles. The maximum Gasteiger partial charge on any atom is 0.237 e. The first-order valence-electron chi connectivity index (χ1n) is 7.58. The molecular weight excluding hydrogens is 324 g/mol. The molecule has 0 unspecified atom stereocenters. The molecule has 2 aromatic carbocycles. The van der Waals surface area contributed by atoms with Crippen LogP contribution in [0.3, 0.4) is 0 Å². The molecule has 1 aliphatic heterocycles. The summed E-state index contributed by atoms with van der Waals surface area (Å²) >= 11 is 0. The number of nitrogens with zero attached hydrogens (tertiary/aromatic N) is 1. The van der Waals surface area contributed by atoms with Gasteiger partial charge >= 0.3 is 0 Å². The molecule has 6 heteroatoms. The van der Waals surface area contributed by atoms with E-state index in [1.165, 1.54) is 10.4 Å². The molecule has 1 heterocycles. The van der Waals surface area contributed by atoms with Gasteiger partial charge in [0.05, 0.1) is 0 Å². The van der Waals surface area contributed by atoms with Crippen molar-refractivity contribution in [3.63, 3.8) is 0 Å². The average molecular weight is 342 g/mol. The van der Waals surface area contributed by atoms with Crippen LogP contribution in [0.2, 0.25) is 0 Å². The number of primary amides is 1. The second kappa shape index (κ2) is 6.59. The van der Waals surface area contributed by atoms with Crippen molar-refractivity contribution in [2.24, 2.45) is 5.73 Å². The van der Waals surface area contributed by atoms with Crippen molar-refractivity contribution in [2.75, 3.05) is 0 Å². The van der Waals surface area contributed by atoms with Gasteiger partial charge in [-0.25, -0.2) is 8.42 Å². The van der Waals surface area contributed by atoms with Crippen LogP contribution in [-0.2, 0) is 27.8 Å². The number of sulfonamides is 1. The smallest absolute Gasteiger partial charge is 0.237 e. The van der Waals surface area contributed by atoms with E-state index in [-0.39, 0.29) is 6.54 Å². The number of carbonyl (C=O) groups is 1. The fourth-order valence-corrected chi connectivity index (χ4v) is 4.15. The van der Waals surface area contributed by atoms with Gasteiger partial charge in [-0.2, -0.15) is 4.31 Å². The first-order valence-corrected chi connectivity index (χ1v) is 9.09. The Balaban J connectivity index is 1.93. The van der Waals surface area contributed by atoms with Gasteiger partial charge < -0.3 is 5.73 Å². The Morgan fingerprint density at radius 3 is 2.33 bits per heavy atom. The molecule has 3 rings (SSSR count). The van der Waals surface area contributed by atoms with Crippen LogP contribution in [0, 0.1) is 0 Å². The Kier molecular flexibility index (Phi) is 4.51. The number of fused-ring (bicyclic) bond motifs is 1. The third-order valence-electron chi connectivity index (χ3n) is 4.09. The highest BCUT2D eigenvalue weighted by Gasteiger charge is 2.36. The maximum atomic E-state index is 12.7. The first-order chi connectivity index (χ1) is 11.5. The average Bonchev–Trinajstić information content (AvgIpc) is 2.60. The summed E-state index contributed by atoms with van der Waals surface area (Å²) in [5, 5.41) is 1.13. The van der Waals surface area contributed by atoms with E-state index in [0.29, 0.717) is 6.42 Å². The number of hydrogen-bond acceptors (Lipinski definition) is 3. The fraction of sp³-hybridized carbons (Fsp3) is 0.167. The summed E-state index contributed by atoms with van der Waals surface area (Å²) < 4.78 is 26.6. The lowest BCUT2D eigenvalue weighted by atomic mass is 9.96. The quantitative estimate of drug-likeness (QED) is 0.921. The summed E-state index contributed by atoms with van der Waals surface area (Å²) in [6.07, 6.45) is 1.82. The van der Waals surface area contributed by atoms with Crippen molar-refractivity contribution in [3.8, 4) is 0 Å². The summed E-state index contributed by atoms with van der Waals surface area (Å²) in [4.78, 5) is 11.8. The van der Waals surface area contributed by atoms with Gasteiger partial charge in [0, 0.05) is 12.0 Å². The van der Waals surface area contributed by atoms with Gasteiger partial charge in [0.15, 0.2) is 0 Å². The second-order valence-electron chi connectivity index (χ2n) is 5.69. The molecular formula is C18H18N2O3S. The molecule has 0 fully saturated rings. The molecule has 0 saturated carbocycles. The van der Waals surface area contributed by atoms with Crippen molar-refractivity contribution in [2.45, 2.75) is 19.0 Å². The van der Waals surface area contributed by atoms with Crippen molar-refractivity contribution in [1.29, 1.82) is 0 Å². The van der Waals surface area contributed by atoms with Crippen molar-refractivity contribution >= 4 is 22.0 Å². The summed E-state index contributed by atoms with van der Waals surface area (Å²) in [6.45, 7) is 0.144. The van der Waals surface area contributed by atoms with E-state index in [9.17, 15) is 13.2 Å². The maximum absolute atomic E-state index is 12.7. The lowest BCUT2D eigenvalue weighted by Gasteiger charge is -2.33. The summed E-state index contributed by atoms with van der Waals surface area (Å²) in [6, 6.07) is 15.8. The molecule has 2 N–H and O–H groups in total. The number of carbonyl (C=O) groups excluding carboxylic acids is 1. The number of rotatable bonds is 4. The van der Waals surface area contributed by atoms with Gasteiger partial charge in [-0.1, -0.05) is 54.6 Å². The summed E-state index contributed by atoms with van der Waals surface area (Å²) in [5.41, 5.74) is 8.08. The standard InChI is InChI=1S/C18H18N2O3S/c19-18(21)17-12-15-8-4-5-9-16(15)13-20(17)24(22,23)11-10-14-6-2-1-3-7-14/h1-11,17H,12-13H2,(H2,19,21)/b11-10+/t17-/m0/s1. The molecule has 1 aliphatic rings. The molecule has 1 amide bonds. The van der Waals surface area contributed by atoms with Gasteiger partial charge in [-0.15, -0.1) is 0 Å². The van der Waals surface area contributed by atoms with Gasteiger partial charge in [-0.3, -0.25) is 4.79 Å². The van der Waals surface area contributed by atoms with E-state index in [1.807, 2.05) is 54.6 Å². The molecule has 0 bridgehead atoms. The Morgan fingerprint density at radius 1 is 1.04 bits per heavy atom. The highest BCUT2D eigenvalue weighted by molar-refractivity contribution is 7.92. The minimum Gasteiger partial charge on any atom is -0.368 e. The monoisotopic (exact) mass is 342 g/mol. The molecule has 0 aromatic heterocycles. The SMILES string of the molecule is NC(=O)[C@@H]1Cc2ccccc2CN1S(=O)(=O)/C=C/c1ccccc1. The number of hydrogen-bond donors (Lipinski definition) is 1. The third kappa shape index (κ3) is 3.39. The Labute approximate surface area is 141 Å². The first kappa shape index (κ1) is 16.4. The van der Waals surface area contributed by atoms with E-state index in [1.54, 1.807) is 0 Å². The van der Waals surface area contributed by atoms with Gasteiger partial charge in [-0.05, 0) is 29.2 Å². The van der Waals surface area contributed by atoms with Crippen LogP contribution in [0.15, 0.2) is 60.0 Å². The van der Waals surface area contributed by atoms with Crippen LogP contribution in [0.5, 0.6) is 0 Å². The largest absolute Gasteiger partial charge is 0.368 e. The number of amides is 1. The molecule has 0 spiro atoms. The van der Waals surface area contributed by atoms with E-state index >= 15 is 0 Å². The summed E-state index contributed by atoms with van der Waals surface area (Å²) in [7, 11) is -3.77. The van der Waals surface area contributed by atoms with Gasteiger partial charge in [0.1, 0.15) is 6.04 Å². The van der Waals surface area contributed by atoms with Crippen LogP contribution < -0.4 is 5.73 Å². The molecule has 2 aromatic rings. The van der Waals surface area contributed by atoms with Crippen LogP contribution in [0.1, 0.15) is 16.7 Å². The predicted octanol–water partition coefficient (Wildman–Crippen LogP) is 1.90. The predicted molar refractivity (Wildman–Crippen MR) is 93.1 cm³/mol. The number of nitrogens with two attached hydrogens (primary N) is 1. The zero-order chi connectivity index (χ0) is 17.2. The zero-order valence-corrected chi connectivity index (χ0v) is 13.8. The molecule has 24 heavy (non-hydrogen) atoms. The Hall–Kier alpha value is -2.44. The van der Waals surface area contributed by atoms with Crippen molar-refractivity contribution in [1.82, 2.24) is 4.31 Å². The van der Waals surface area contributed by atoms with Crippen LogP contribution in [0.4, 0.5) is 0 Å². The highest BCUT2D eigenvalue weighted by atomic mass is 32.2. The number of benzene rings is 2. The molecule has 5 nitrogen and oxygen atoms in total. The van der Waals surface area contributed by atoms with Gasteiger partial charge in [0.2, 0.25) is 15.9 Å². The Bertz CT molecular complexity index is 876. The van der Waals surface area contributed by atoms with E-state index in [2.05, 4.69) is 0 Å². The topological polar surface area (TPSA) is 80.5 Å². The minimum atomic E-state index is -3.77. The second-order valence-corrected chi connectivity index (χ2v) is 7.47. The lowest BCUT2D eigenvalue weighted by molar-refractivity contribution is -0.122. The zero-order valence-electron chi connectivity index (χ0n) is 13.0. The van der Waals surface area contributed by atoms with Gasteiger partial charge in [0.25, 0.3) is 0 Å². The molecule has 1 atom stereocenters.